The van der Waals surface area contributed by atoms with Crippen LogP contribution in [0.25, 0.3) is 0 Å². The summed E-state index contributed by atoms with van der Waals surface area (Å²) >= 11 is 0. The normalized spacial score (nSPS) is 12.8. The Kier molecular flexibility index (Phi) is 3.43. The smallest absolute Gasteiger partial charge is 0.214 e. The first-order valence-corrected chi connectivity index (χ1v) is 3.88. The molecule has 1 nitrogen and oxygen atoms in total. The molecule has 0 rings (SSSR count). The maximum absolute atomic E-state index is 2.26. The van der Waals surface area contributed by atoms with Crippen molar-refractivity contribution in [3.05, 3.63) is 0 Å². The first kappa shape index (κ1) is 10.0. The third-order valence-corrected chi connectivity index (χ3v) is 2.08. The lowest BCUT2D eigenvalue weighted by Gasteiger charge is -2.30. The van der Waals surface area contributed by atoms with Crippen molar-refractivity contribution in [3.63, 3.8) is 0 Å². The summed E-state index contributed by atoms with van der Waals surface area (Å²) in [6.45, 7) is 9.02. The maximum atomic E-state index is 2.26. The van der Waals surface area contributed by atoms with Gasteiger partial charge in [0, 0.05) is 0 Å². The highest BCUT2D eigenvalue weighted by atomic mass is 15.0. The van der Waals surface area contributed by atoms with Gasteiger partial charge in [-0.2, -0.15) is 0 Å². The monoisotopic (exact) mass is 140 g/mol. The lowest BCUT2D eigenvalue weighted by Crippen LogP contribution is -2.31. The molecule has 2 heteroatoms. The van der Waals surface area contributed by atoms with E-state index >= 15 is 0 Å². The fraction of sp³-hybridized carbons (Fsp3) is 1.00. The molecule has 0 atom stereocenters. The fourth-order valence-corrected chi connectivity index (χ4v) is 0.815. The van der Waals surface area contributed by atoms with E-state index in [1.807, 2.05) is 0 Å². The van der Waals surface area contributed by atoms with Crippen LogP contribution in [0.4, 0.5) is 0 Å². The van der Waals surface area contributed by atoms with Crippen LogP contribution in [-0.2, 0) is 0 Å². The number of hydrogen-bond acceptors (Lipinski definition) is 1. The molecule has 0 saturated carbocycles. The minimum absolute atomic E-state index is 0.323. The van der Waals surface area contributed by atoms with Gasteiger partial charge in [-0.15, -0.1) is 0 Å². The lowest BCUT2D eigenvalue weighted by atomic mass is 9.56. The van der Waals surface area contributed by atoms with Gasteiger partial charge in [-0.1, -0.05) is 27.7 Å². The molecule has 1 radical (unpaired) electrons. The molecule has 0 heterocycles. The third-order valence-electron chi connectivity index (χ3n) is 2.08. The highest BCUT2D eigenvalue weighted by Gasteiger charge is 2.24. The molecule has 0 aromatic rings. The van der Waals surface area contributed by atoms with Crippen molar-refractivity contribution in [2.45, 2.75) is 33.0 Å². The van der Waals surface area contributed by atoms with Gasteiger partial charge in [-0.3, -0.25) is 0 Å². The Morgan fingerprint density at radius 2 is 1.60 bits per heavy atom. The third kappa shape index (κ3) is 3.26. The first-order chi connectivity index (χ1) is 4.36. The van der Waals surface area contributed by atoms with E-state index in [1.165, 1.54) is 0 Å². The first-order valence-electron chi connectivity index (χ1n) is 3.88. The summed E-state index contributed by atoms with van der Waals surface area (Å²) in [5, 5.41) is 0.323. The number of hydrogen-bond donors (Lipinski definition) is 0. The van der Waals surface area contributed by atoms with Crippen molar-refractivity contribution >= 4 is 7.41 Å². The molecule has 0 N–H and O–H groups in total. The average molecular weight is 140 g/mol. The Balaban J connectivity index is 3.87. The molecular weight excluding hydrogens is 121 g/mol. The highest BCUT2D eigenvalue weighted by molar-refractivity contribution is 6.36. The van der Waals surface area contributed by atoms with Gasteiger partial charge in [-0.05, 0) is 25.3 Å². The van der Waals surface area contributed by atoms with Gasteiger partial charge < -0.3 is 4.81 Å². The Morgan fingerprint density at radius 3 is 1.70 bits per heavy atom. The van der Waals surface area contributed by atoms with Gasteiger partial charge in [-0.25, -0.2) is 0 Å². The predicted molar refractivity (Wildman–Crippen MR) is 48.3 cm³/mol. The Morgan fingerprint density at radius 1 is 1.20 bits per heavy atom. The minimum Gasteiger partial charge on any atom is -0.351 e. The number of nitrogens with zero attached hydrogens (tertiary/aromatic N) is 1. The van der Waals surface area contributed by atoms with Crippen LogP contribution in [0.3, 0.4) is 0 Å². The second-order valence-electron chi connectivity index (χ2n) is 4.07. The predicted octanol–water partition coefficient (Wildman–Crippen LogP) is 2.02. The second-order valence-corrected chi connectivity index (χ2v) is 4.07. The van der Waals surface area contributed by atoms with Crippen molar-refractivity contribution in [2.75, 3.05) is 14.1 Å². The van der Waals surface area contributed by atoms with E-state index in [4.69, 9.17) is 0 Å². The van der Waals surface area contributed by atoms with Gasteiger partial charge in [0.1, 0.15) is 0 Å². The van der Waals surface area contributed by atoms with Gasteiger partial charge in [0.2, 0.25) is 7.41 Å². The summed E-state index contributed by atoms with van der Waals surface area (Å²) in [6.07, 6.45) is 0. The van der Waals surface area contributed by atoms with Crippen molar-refractivity contribution in [3.8, 4) is 0 Å². The van der Waals surface area contributed by atoms with Gasteiger partial charge in [0.25, 0.3) is 0 Å². The molecule has 0 aliphatic heterocycles. The molecule has 0 aromatic carbocycles. The summed E-state index contributed by atoms with van der Waals surface area (Å²) in [4.78, 5) is 2.12. The highest BCUT2D eigenvalue weighted by Crippen LogP contribution is 2.32. The Hall–Kier alpha value is 0.0249. The molecular formula is C8H19BN. The van der Waals surface area contributed by atoms with Crippen LogP contribution in [0.5, 0.6) is 0 Å². The van der Waals surface area contributed by atoms with E-state index in [0.29, 0.717) is 11.2 Å². The molecule has 0 fully saturated rings. The summed E-state index contributed by atoms with van der Waals surface area (Å²) in [6, 6.07) is 0. The Bertz CT molecular complexity index is 97.4. The van der Waals surface area contributed by atoms with Crippen LogP contribution < -0.4 is 0 Å². The zero-order valence-electron chi connectivity index (χ0n) is 8.10. The topological polar surface area (TPSA) is 3.24 Å². The zero-order valence-corrected chi connectivity index (χ0v) is 8.10. The van der Waals surface area contributed by atoms with E-state index in [0.717, 1.165) is 0 Å². The summed E-state index contributed by atoms with van der Waals surface area (Å²) in [5.74, 6) is 0.704. The lowest BCUT2D eigenvalue weighted by molar-refractivity contribution is 0.446. The van der Waals surface area contributed by atoms with Crippen LogP contribution in [0.2, 0.25) is 5.31 Å². The van der Waals surface area contributed by atoms with E-state index in [2.05, 4.69) is 54.0 Å². The molecule has 0 aromatic heterocycles. The van der Waals surface area contributed by atoms with Crippen LogP contribution in [-0.4, -0.2) is 26.3 Å². The molecule has 0 bridgehead atoms. The molecule has 59 valence electrons. The average Bonchev–Trinajstić information content (AvgIpc) is 1.60. The molecule has 0 spiro atoms. The maximum Gasteiger partial charge on any atom is 0.214 e. The Labute approximate surface area is 66.1 Å². The van der Waals surface area contributed by atoms with Crippen LogP contribution in [0.15, 0.2) is 0 Å². The minimum atomic E-state index is 0.323. The SMILES string of the molecule is CC(C)C(C)(C)[B]N(C)C. The van der Waals surface area contributed by atoms with Crippen molar-refractivity contribution in [1.29, 1.82) is 0 Å². The molecule has 0 saturated heterocycles. The van der Waals surface area contributed by atoms with E-state index in [-0.39, 0.29) is 0 Å². The van der Waals surface area contributed by atoms with E-state index in [1.54, 1.807) is 0 Å². The number of rotatable bonds is 3. The molecule has 0 aliphatic rings. The zero-order chi connectivity index (χ0) is 8.36. The van der Waals surface area contributed by atoms with Crippen LogP contribution in [0.1, 0.15) is 27.7 Å². The van der Waals surface area contributed by atoms with Crippen molar-refractivity contribution in [2.24, 2.45) is 5.92 Å². The summed E-state index contributed by atoms with van der Waals surface area (Å²) in [7, 11) is 6.41. The van der Waals surface area contributed by atoms with Crippen LogP contribution >= 0.6 is 0 Å². The molecule has 0 aliphatic carbocycles. The van der Waals surface area contributed by atoms with E-state index in [9.17, 15) is 0 Å². The molecule has 0 amide bonds. The van der Waals surface area contributed by atoms with Gasteiger partial charge >= 0.3 is 0 Å². The summed E-state index contributed by atoms with van der Waals surface area (Å²) < 4.78 is 0. The molecule has 10 heavy (non-hydrogen) atoms. The van der Waals surface area contributed by atoms with Gasteiger partial charge in [0.05, 0.1) is 0 Å². The van der Waals surface area contributed by atoms with Crippen molar-refractivity contribution < 1.29 is 0 Å². The largest absolute Gasteiger partial charge is 0.351 e. The van der Waals surface area contributed by atoms with Gasteiger partial charge in [0.15, 0.2) is 0 Å². The second kappa shape index (κ2) is 3.43. The summed E-state index contributed by atoms with van der Waals surface area (Å²) in [5.41, 5.74) is 0. The fourth-order valence-electron chi connectivity index (χ4n) is 0.815. The quantitative estimate of drug-likeness (QED) is 0.542. The van der Waals surface area contributed by atoms with E-state index < -0.39 is 0 Å². The van der Waals surface area contributed by atoms with Crippen LogP contribution in [0, 0.1) is 5.92 Å². The standard InChI is InChI=1S/C8H19BN/c1-7(2)8(3,4)9-10(5)6/h7H,1-6H3. The van der Waals surface area contributed by atoms with Crippen molar-refractivity contribution in [1.82, 2.24) is 4.81 Å². The molecule has 0 unspecified atom stereocenters.